The van der Waals surface area contributed by atoms with E-state index in [0.717, 1.165) is 18.2 Å². The molecule has 3 heterocycles. The van der Waals surface area contributed by atoms with Crippen LogP contribution < -0.4 is 10.1 Å². The van der Waals surface area contributed by atoms with Crippen molar-refractivity contribution >= 4 is 30.8 Å². The van der Waals surface area contributed by atoms with Gasteiger partial charge in [-0.1, -0.05) is 24.3 Å². The lowest BCUT2D eigenvalue weighted by molar-refractivity contribution is -0.0312. The number of benzene rings is 2. The lowest BCUT2D eigenvalue weighted by Crippen LogP contribution is -2.47. The van der Waals surface area contributed by atoms with Crippen molar-refractivity contribution in [3.05, 3.63) is 54.7 Å². The molecular weight excluding hydrogens is 530 g/mol. The summed E-state index contributed by atoms with van der Waals surface area (Å²) >= 11 is 0. The van der Waals surface area contributed by atoms with Gasteiger partial charge in [0.2, 0.25) is 10.0 Å². The Bertz CT molecular complexity index is 1500. The van der Waals surface area contributed by atoms with Gasteiger partial charge in [-0.25, -0.2) is 16.8 Å². The largest absolute Gasteiger partial charge is 0.491 e. The summed E-state index contributed by atoms with van der Waals surface area (Å²) in [5.74, 6) is 0.379. The van der Waals surface area contributed by atoms with Crippen molar-refractivity contribution in [1.29, 1.82) is 0 Å². The van der Waals surface area contributed by atoms with Crippen molar-refractivity contribution in [3.63, 3.8) is 0 Å². The molecule has 3 N–H and O–H groups in total. The smallest absolute Gasteiger partial charge is 0.245 e. The van der Waals surface area contributed by atoms with Crippen LogP contribution in [-0.4, -0.2) is 88.1 Å². The van der Waals surface area contributed by atoms with Gasteiger partial charge in [0.1, 0.15) is 23.4 Å². The Hall–Kier alpha value is -2.48. The number of fused-ring (bicyclic) bond motifs is 1. The lowest BCUT2D eigenvalue weighted by atomic mass is 9.88. The number of ether oxygens (including phenoxy) is 2. The second kappa shape index (κ2) is 10.6. The van der Waals surface area contributed by atoms with Crippen LogP contribution in [0.2, 0.25) is 0 Å². The van der Waals surface area contributed by atoms with Crippen molar-refractivity contribution in [3.8, 4) is 5.75 Å². The summed E-state index contributed by atoms with van der Waals surface area (Å²) in [6, 6.07) is 13.6. The summed E-state index contributed by atoms with van der Waals surface area (Å²) in [7, 11) is -6.95. The molecule has 38 heavy (non-hydrogen) atoms. The molecule has 0 amide bonds. The molecule has 2 aliphatic heterocycles. The molecule has 2 aliphatic rings. The number of aliphatic hydroxyl groups is 1. The van der Waals surface area contributed by atoms with Gasteiger partial charge in [0.25, 0.3) is 0 Å². The van der Waals surface area contributed by atoms with Gasteiger partial charge in [-0.05, 0) is 43.5 Å². The summed E-state index contributed by atoms with van der Waals surface area (Å²) in [5.41, 5.74) is 0.417. The number of nitrogens with zero attached hydrogens (tertiary/aromatic N) is 1. The average molecular weight is 564 g/mol. The highest BCUT2D eigenvalue weighted by Crippen LogP contribution is 2.38. The van der Waals surface area contributed by atoms with Crippen LogP contribution in [0.5, 0.6) is 5.75 Å². The summed E-state index contributed by atoms with van der Waals surface area (Å²) < 4.78 is 63.3. The number of piperidine rings is 1. The van der Waals surface area contributed by atoms with E-state index in [0.29, 0.717) is 48.6 Å². The van der Waals surface area contributed by atoms with Crippen LogP contribution >= 0.6 is 0 Å². The molecule has 1 spiro atoms. The van der Waals surface area contributed by atoms with Gasteiger partial charge in [-0.2, -0.15) is 4.31 Å². The predicted molar refractivity (Wildman–Crippen MR) is 142 cm³/mol. The van der Waals surface area contributed by atoms with Gasteiger partial charge in [-0.15, -0.1) is 0 Å². The minimum Gasteiger partial charge on any atom is -0.491 e. The first kappa shape index (κ1) is 27.1. The highest BCUT2D eigenvalue weighted by molar-refractivity contribution is 7.90. The third kappa shape index (κ3) is 5.75. The average Bonchev–Trinajstić information content (AvgIpc) is 3.51. The molecule has 0 saturated carbocycles. The normalized spacial score (nSPS) is 21.2. The maximum atomic E-state index is 13.3. The van der Waals surface area contributed by atoms with Gasteiger partial charge in [0.15, 0.2) is 9.84 Å². The van der Waals surface area contributed by atoms with Gasteiger partial charge >= 0.3 is 0 Å². The number of para-hydroxylation sites is 1. The number of hydrogen-bond donors (Lipinski definition) is 3. The molecule has 206 valence electrons. The van der Waals surface area contributed by atoms with Crippen molar-refractivity contribution in [1.82, 2.24) is 14.6 Å². The van der Waals surface area contributed by atoms with Crippen molar-refractivity contribution in [2.24, 2.45) is 0 Å². The Kier molecular flexibility index (Phi) is 7.55. The third-order valence-corrected chi connectivity index (χ3v) is 10.4. The summed E-state index contributed by atoms with van der Waals surface area (Å²) in [6.07, 6.45) is 3.85. The van der Waals surface area contributed by atoms with Crippen LogP contribution in [0.15, 0.2) is 64.5 Å². The Morgan fingerprint density at radius 1 is 1.16 bits per heavy atom. The molecule has 2 saturated heterocycles. The number of sulfonamides is 1. The molecule has 1 aromatic heterocycles. The minimum atomic E-state index is -3.62. The number of nitrogens with one attached hydrogen (secondary N) is 2. The van der Waals surface area contributed by atoms with E-state index in [4.69, 9.17) is 9.47 Å². The van der Waals surface area contributed by atoms with E-state index < -0.39 is 26.0 Å². The molecule has 2 aromatic carbocycles. The van der Waals surface area contributed by atoms with E-state index in [9.17, 15) is 21.9 Å². The zero-order valence-corrected chi connectivity index (χ0v) is 22.8. The molecule has 2 fully saturated rings. The number of aromatic amines is 1. The highest BCUT2D eigenvalue weighted by atomic mass is 32.2. The Morgan fingerprint density at radius 2 is 1.92 bits per heavy atom. The van der Waals surface area contributed by atoms with E-state index >= 15 is 0 Å². The van der Waals surface area contributed by atoms with Gasteiger partial charge < -0.3 is 24.9 Å². The second-order valence-corrected chi connectivity index (χ2v) is 14.0. The highest BCUT2D eigenvalue weighted by Gasteiger charge is 2.45. The van der Waals surface area contributed by atoms with Crippen molar-refractivity contribution < 1.29 is 31.4 Å². The Balaban J connectivity index is 1.10. The number of hydrogen-bond acceptors (Lipinski definition) is 8. The lowest BCUT2D eigenvalue weighted by Gasteiger charge is -2.38. The van der Waals surface area contributed by atoms with E-state index in [-0.39, 0.29) is 29.7 Å². The molecule has 5 rings (SSSR count). The van der Waals surface area contributed by atoms with Gasteiger partial charge in [0, 0.05) is 49.0 Å². The van der Waals surface area contributed by atoms with Gasteiger partial charge in [0.05, 0.1) is 17.1 Å². The first-order valence-corrected chi connectivity index (χ1v) is 15.9. The zero-order chi connectivity index (χ0) is 27.0. The summed E-state index contributed by atoms with van der Waals surface area (Å²) in [5, 5.41) is 14.4. The first-order chi connectivity index (χ1) is 18.1. The van der Waals surface area contributed by atoms with Crippen molar-refractivity contribution in [2.45, 2.75) is 46.8 Å². The summed E-state index contributed by atoms with van der Waals surface area (Å²) in [6.45, 7) is 1.56. The van der Waals surface area contributed by atoms with Crippen molar-refractivity contribution in [2.75, 3.05) is 39.1 Å². The second-order valence-electron chi connectivity index (χ2n) is 10.1. The Morgan fingerprint density at radius 3 is 2.68 bits per heavy atom. The van der Waals surface area contributed by atoms with E-state index in [1.165, 1.54) is 16.4 Å². The maximum absolute atomic E-state index is 13.3. The minimum absolute atomic E-state index is 0.0135. The summed E-state index contributed by atoms with van der Waals surface area (Å²) in [4.78, 5) is 3.51. The topological polar surface area (TPSA) is 138 Å². The molecule has 12 heteroatoms. The fourth-order valence-corrected chi connectivity index (χ4v) is 7.47. The van der Waals surface area contributed by atoms with Crippen LogP contribution in [0.4, 0.5) is 0 Å². The van der Waals surface area contributed by atoms with E-state index in [1.807, 2.05) is 24.3 Å². The predicted octanol–water partition coefficient (Wildman–Crippen LogP) is 1.91. The fourth-order valence-electron chi connectivity index (χ4n) is 5.20. The SMILES string of the molecule is CS(=O)(=O)c1cccc(OCC(O)CN[C@H]2COC3(CCN(S(=O)(=O)c4c[nH]c5ccccc45)CC3)C2)c1. The number of rotatable bonds is 9. The fraction of sp³-hybridized carbons (Fsp3) is 0.462. The van der Waals surface area contributed by atoms with Crippen LogP contribution in [0, 0.1) is 0 Å². The monoisotopic (exact) mass is 563 g/mol. The van der Waals surface area contributed by atoms with Crippen LogP contribution in [-0.2, 0) is 24.6 Å². The van der Waals surface area contributed by atoms with E-state index in [1.54, 1.807) is 18.3 Å². The molecule has 0 bridgehead atoms. The quantitative estimate of drug-likeness (QED) is 0.359. The standard InChI is InChI=1S/C26H33N3O7S2/c1-37(31,32)22-6-4-5-21(13-22)35-18-20(30)15-27-19-14-26(36-17-19)9-11-29(12-10-26)38(33,34)25-16-28-24-8-3-2-7-23(24)25/h2-8,13,16,19-20,27-28,30H,9-12,14-15,17-18H2,1H3/t19-,20?/m1/s1. The van der Waals surface area contributed by atoms with Crippen LogP contribution in [0.1, 0.15) is 19.3 Å². The molecule has 3 aromatic rings. The number of H-pyrrole nitrogens is 1. The van der Waals surface area contributed by atoms with Crippen LogP contribution in [0.25, 0.3) is 10.9 Å². The molecule has 0 radical (unpaired) electrons. The van der Waals surface area contributed by atoms with E-state index in [2.05, 4.69) is 10.3 Å². The zero-order valence-electron chi connectivity index (χ0n) is 21.2. The first-order valence-electron chi connectivity index (χ1n) is 12.6. The molecule has 10 nitrogen and oxygen atoms in total. The molecule has 0 aliphatic carbocycles. The number of aliphatic hydroxyl groups excluding tert-OH is 1. The third-order valence-electron chi connectivity index (χ3n) is 7.33. The van der Waals surface area contributed by atoms with Gasteiger partial charge in [-0.3, -0.25) is 0 Å². The molecule has 2 atom stereocenters. The molecular formula is C26H33N3O7S2. The number of sulfone groups is 1. The maximum Gasteiger partial charge on any atom is 0.245 e. The Labute approximate surface area is 222 Å². The van der Waals surface area contributed by atoms with Crippen LogP contribution in [0.3, 0.4) is 0 Å². The molecule has 1 unspecified atom stereocenters. The number of aromatic nitrogens is 1.